The number of benzene rings is 4. The number of hydrogen-bond acceptors (Lipinski definition) is 7. The Kier molecular flexibility index (Phi) is 12.5. The second-order valence-electron chi connectivity index (χ2n) is 11.8. The molecule has 7 heteroatoms. The van der Waals surface area contributed by atoms with E-state index in [1.165, 1.54) is 11.1 Å². The van der Waals surface area contributed by atoms with Crippen LogP contribution in [0.25, 0.3) is 0 Å². The molecule has 46 heavy (non-hydrogen) atoms. The van der Waals surface area contributed by atoms with Crippen LogP contribution in [0, 0.1) is 13.8 Å². The Bertz CT molecular complexity index is 1430. The fraction of sp³-hybridized carbons (Fsp3) is 0.385. The molecule has 1 heterocycles. The maximum absolute atomic E-state index is 6.62. The molecule has 3 atom stereocenters. The van der Waals surface area contributed by atoms with Gasteiger partial charge in [-0.3, -0.25) is 0 Å². The molecule has 244 valence electrons. The summed E-state index contributed by atoms with van der Waals surface area (Å²) in [4.78, 5) is 0. The first-order chi connectivity index (χ1) is 22.5. The van der Waals surface area contributed by atoms with Gasteiger partial charge in [-0.1, -0.05) is 66.7 Å². The van der Waals surface area contributed by atoms with Gasteiger partial charge in [0.2, 0.25) is 0 Å². The molecule has 1 fully saturated rings. The highest BCUT2D eigenvalue weighted by Gasteiger charge is 2.36. The predicted molar refractivity (Wildman–Crippen MR) is 181 cm³/mol. The Labute approximate surface area is 273 Å². The maximum atomic E-state index is 6.62. The van der Waals surface area contributed by atoms with Gasteiger partial charge in [-0.05, 0) is 71.5 Å². The Morgan fingerprint density at radius 1 is 0.630 bits per heavy atom. The van der Waals surface area contributed by atoms with Gasteiger partial charge in [0, 0.05) is 25.4 Å². The topological polar surface area (TPSA) is 67.4 Å². The molecule has 1 aliphatic rings. The van der Waals surface area contributed by atoms with Gasteiger partial charge in [0.25, 0.3) is 0 Å². The summed E-state index contributed by atoms with van der Waals surface area (Å²) in [6.45, 7) is 8.47. The minimum Gasteiger partial charge on any atom is -0.496 e. The zero-order valence-electron chi connectivity index (χ0n) is 27.5. The van der Waals surface area contributed by atoms with Crippen molar-refractivity contribution in [2.24, 2.45) is 0 Å². The van der Waals surface area contributed by atoms with Gasteiger partial charge < -0.3 is 33.7 Å². The van der Waals surface area contributed by atoms with E-state index in [1.807, 2.05) is 30.3 Å². The molecule has 0 saturated carbocycles. The molecule has 0 bridgehead atoms. The molecule has 0 amide bonds. The monoisotopic (exact) mass is 625 g/mol. The molecule has 5 rings (SSSR count). The maximum Gasteiger partial charge on any atom is 0.121 e. The van der Waals surface area contributed by atoms with Crippen LogP contribution in [0.15, 0.2) is 91.0 Å². The molecule has 7 nitrogen and oxygen atoms in total. The molecule has 1 unspecified atom stereocenters. The van der Waals surface area contributed by atoms with E-state index in [1.54, 1.807) is 14.2 Å². The van der Waals surface area contributed by atoms with Crippen LogP contribution in [0.2, 0.25) is 0 Å². The van der Waals surface area contributed by atoms with Crippen LogP contribution in [0.1, 0.15) is 45.7 Å². The minimum atomic E-state index is -0.0766. The number of methoxy groups -OCH3 is 2. The second-order valence-corrected chi connectivity index (χ2v) is 11.8. The molecular weight excluding hydrogens is 578 g/mol. The van der Waals surface area contributed by atoms with Gasteiger partial charge >= 0.3 is 0 Å². The van der Waals surface area contributed by atoms with E-state index < -0.39 is 0 Å². The summed E-state index contributed by atoms with van der Waals surface area (Å²) >= 11 is 0. The normalized spacial score (nSPS) is 17.9. The van der Waals surface area contributed by atoms with Crippen molar-refractivity contribution >= 4 is 0 Å². The zero-order valence-corrected chi connectivity index (χ0v) is 27.5. The largest absolute Gasteiger partial charge is 0.496 e. The Morgan fingerprint density at radius 2 is 1.22 bits per heavy atom. The Balaban J connectivity index is 1.22. The van der Waals surface area contributed by atoms with Crippen LogP contribution in [0.4, 0.5) is 0 Å². The van der Waals surface area contributed by atoms with Crippen LogP contribution >= 0.6 is 0 Å². The van der Waals surface area contributed by atoms with Gasteiger partial charge in [-0.15, -0.1) is 0 Å². The molecule has 0 spiro atoms. The third kappa shape index (κ3) is 9.33. The SMILES string of the molecule is COc1ccc(CO[C@H]2CNC[C@@H](OCc3ccc(OC)c(C)c3)C2c2ccc(OCCCOCc3ccccc3)cc2)cc1C. The lowest BCUT2D eigenvalue weighted by molar-refractivity contribution is -0.0650. The van der Waals surface area contributed by atoms with Crippen LogP contribution in [-0.2, 0) is 34.0 Å². The molecule has 1 N–H and O–H groups in total. The van der Waals surface area contributed by atoms with Crippen molar-refractivity contribution in [2.45, 2.75) is 58.2 Å². The molecular formula is C39H47NO6. The first-order valence-corrected chi connectivity index (χ1v) is 16.1. The van der Waals surface area contributed by atoms with Crippen molar-refractivity contribution in [3.63, 3.8) is 0 Å². The molecule has 0 aromatic heterocycles. The van der Waals surface area contributed by atoms with E-state index >= 15 is 0 Å². The average Bonchev–Trinajstić information content (AvgIpc) is 3.09. The van der Waals surface area contributed by atoms with Gasteiger partial charge in [0.15, 0.2) is 0 Å². The van der Waals surface area contributed by atoms with Crippen LogP contribution in [0.3, 0.4) is 0 Å². The summed E-state index contributed by atoms with van der Waals surface area (Å²) in [5, 5.41) is 3.56. The van der Waals surface area contributed by atoms with Gasteiger partial charge in [0.05, 0.1) is 59.5 Å². The van der Waals surface area contributed by atoms with Crippen molar-refractivity contribution in [2.75, 3.05) is 40.5 Å². The number of piperidine rings is 1. The lowest BCUT2D eigenvalue weighted by atomic mass is 9.85. The number of nitrogens with one attached hydrogen (secondary N) is 1. The van der Waals surface area contributed by atoms with Crippen LogP contribution in [0.5, 0.6) is 17.2 Å². The second kappa shape index (κ2) is 17.2. The Morgan fingerprint density at radius 3 is 1.76 bits per heavy atom. The quantitative estimate of drug-likeness (QED) is 0.133. The molecule has 0 radical (unpaired) electrons. The van der Waals surface area contributed by atoms with E-state index in [9.17, 15) is 0 Å². The first-order valence-electron chi connectivity index (χ1n) is 16.1. The van der Waals surface area contributed by atoms with Gasteiger partial charge in [0.1, 0.15) is 17.2 Å². The highest BCUT2D eigenvalue weighted by atomic mass is 16.5. The summed E-state index contributed by atoms with van der Waals surface area (Å²) in [5.41, 5.74) is 6.77. The highest BCUT2D eigenvalue weighted by Crippen LogP contribution is 2.33. The summed E-state index contributed by atoms with van der Waals surface area (Å²) in [5.74, 6) is 2.65. The summed E-state index contributed by atoms with van der Waals surface area (Å²) < 4.78 is 36.0. The van der Waals surface area contributed by atoms with Gasteiger partial charge in [-0.25, -0.2) is 0 Å². The summed E-state index contributed by atoms with van der Waals surface area (Å²) in [6, 6.07) is 31.0. The lowest BCUT2D eigenvalue weighted by Gasteiger charge is -2.39. The smallest absolute Gasteiger partial charge is 0.121 e. The first kappa shape index (κ1) is 33.5. The fourth-order valence-corrected chi connectivity index (χ4v) is 5.98. The Hall–Kier alpha value is -3.88. The van der Waals surface area contributed by atoms with Crippen molar-refractivity contribution in [1.82, 2.24) is 5.32 Å². The minimum absolute atomic E-state index is 0.0420. The number of hydrogen-bond donors (Lipinski definition) is 1. The number of ether oxygens (including phenoxy) is 6. The summed E-state index contributed by atoms with van der Waals surface area (Å²) in [7, 11) is 3.39. The third-order valence-corrected chi connectivity index (χ3v) is 8.42. The highest BCUT2D eigenvalue weighted by molar-refractivity contribution is 5.37. The molecule has 0 aliphatic carbocycles. The standard InChI is InChI=1S/C39H47NO6/c1-28-21-31(11-17-35(28)41-3)26-45-37-23-40-24-38(46-27-32-12-18-36(42-4)29(2)22-32)39(37)33-13-15-34(16-14-33)44-20-8-19-43-25-30-9-6-5-7-10-30/h5-7,9-18,21-22,37-40H,8,19-20,23-27H2,1-4H3/t37-,38+,39?. The molecule has 1 aliphatic heterocycles. The predicted octanol–water partition coefficient (Wildman–Crippen LogP) is 7.16. The third-order valence-electron chi connectivity index (χ3n) is 8.42. The number of rotatable bonds is 16. The zero-order chi connectivity index (χ0) is 32.1. The van der Waals surface area contributed by atoms with Crippen molar-refractivity contribution in [1.29, 1.82) is 0 Å². The van der Waals surface area contributed by atoms with Crippen molar-refractivity contribution in [3.05, 3.63) is 124 Å². The van der Waals surface area contributed by atoms with Crippen molar-refractivity contribution in [3.8, 4) is 17.2 Å². The fourth-order valence-electron chi connectivity index (χ4n) is 5.98. The van der Waals surface area contributed by atoms with E-state index in [0.717, 1.165) is 59.0 Å². The lowest BCUT2D eigenvalue weighted by Crippen LogP contribution is -2.50. The van der Waals surface area contributed by atoms with E-state index in [4.69, 9.17) is 28.4 Å². The van der Waals surface area contributed by atoms with Crippen LogP contribution in [-0.4, -0.2) is 52.7 Å². The number of aryl methyl sites for hydroxylation is 2. The van der Waals surface area contributed by atoms with E-state index in [2.05, 4.69) is 79.8 Å². The molecule has 4 aromatic rings. The summed E-state index contributed by atoms with van der Waals surface area (Å²) in [6.07, 6.45) is 0.671. The van der Waals surface area contributed by atoms with E-state index in [0.29, 0.717) is 33.0 Å². The molecule has 4 aromatic carbocycles. The van der Waals surface area contributed by atoms with E-state index in [-0.39, 0.29) is 18.1 Å². The van der Waals surface area contributed by atoms with Crippen molar-refractivity contribution < 1.29 is 28.4 Å². The van der Waals surface area contributed by atoms with Crippen LogP contribution < -0.4 is 19.5 Å². The van der Waals surface area contributed by atoms with Gasteiger partial charge in [-0.2, -0.15) is 0 Å². The average molecular weight is 626 g/mol. The molecule has 1 saturated heterocycles.